The van der Waals surface area contributed by atoms with Crippen molar-refractivity contribution in [1.29, 1.82) is 5.26 Å². The number of carbonyl (C=O) groups is 2. The van der Waals surface area contributed by atoms with Gasteiger partial charge in [-0.05, 0) is 62.6 Å². The van der Waals surface area contributed by atoms with Gasteiger partial charge in [0.1, 0.15) is 11.2 Å². The van der Waals surface area contributed by atoms with Gasteiger partial charge in [0.15, 0.2) is 5.75 Å². The maximum Gasteiger partial charge on any atom is 0.298 e. The average molecular weight is 477 g/mol. The molecule has 1 aromatic heterocycles. The molecule has 0 radical (unpaired) electrons. The molecule has 1 heterocycles. The number of carbonyl (C=O) groups excluding carboxylic acids is 2. The fraction of sp³-hybridized carbons (Fsp3) is 0.269. The van der Waals surface area contributed by atoms with Gasteiger partial charge in [-0.15, -0.1) is 0 Å². The number of rotatable bonds is 9. The number of nitriles is 1. The fourth-order valence-electron chi connectivity index (χ4n) is 3.64. The Morgan fingerprint density at radius 3 is 2.50 bits per heavy atom. The van der Waals surface area contributed by atoms with E-state index in [1.54, 1.807) is 19.9 Å². The van der Waals surface area contributed by atoms with Crippen molar-refractivity contribution in [3.63, 3.8) is 0 Å². The highest BCUT2D eigenvalue weighted by Crippen LogP contribution is 2.28. The van der Waals surface area contributed by atoms with Crippen molar-refractivity contribution in [2.75, 3.05) is 0 Å². The van der Waals surface area contributed by atoms with Crippen molar-refractivity contribution in [2.45, 2.75) is 44.6 Å². The van der Waals surface area contributed by atoms with Crippen LogP contribution in [0.1, 0.15) is 49.2 Å². The number of hydrogen-bond donors (Lipinski definition) is 1. The van der Waals surface area contributed by atoms with Crippen LogP contribution in [-0.2, 0) is 21.4 Å². The minimum atomic E-state index is -1.03. The van der Waals surface area contributed by atoms with Gasteiger partial charge in [-0.3, -0.25) is 9.59 Å². The Labute approximate surface area is 203 Å². The molecule has 2 atom stereocenters. The molecule has 174 valence electrons. The third kappa shape index (κ3) is 5.97. The molecule has 1 amide bonds. The number of nitrogens with one attached hydrogen (secondary N) is 1. The van der Waals surface area contributed by atoms with E-state index in [2.05, 4.69) is 21.4 Å². The first-order valence-corrected chi connectivity index (χ1v) is 11.1. The van der Waals surface area contributed by atoms with E-state index in [-0.39, 0.29) is 23.6 Å². The minimum absolute atomic E-state index is 0.0986. The van der Waals surface area contributed by atoms with Crippen molar-refractivity contribution in [2.24, 2.45) is 0 Å². The highest BCUT2D eigenvalue weighted by atomic mass is 35.5. The van der Waals surface area contributed by atoms with Crippen LogP contribution in [0.5, 0.6) is 5.75 Å². The van der Waals surface area contributed by atoms with Crippen LogP contribution in [0.15, 0.2) is 60.9 Å². The molecule has 0 saturated carbocycles. The molecule has 0 aliphatic rings. The smallest absolute Gasteiger partial charge is 0.298 e. The number of amides is 1. The Kier molecular flexibility index (Phi) is 7.98. The van der Waals surface area contributed by atoms with Crippen molar-refractivity contribution < 1.29 is 14.3 Å². The van der Waals surface area contributed by atoms with Crippen LogP contribution in [0.3, 0.4) is 0 Å². The minimum Gasteiger partial charge on any atom is -0.425 e. The summed E-state index contributed by atoms with van der Waals surface area (Å²) in [5, 5.41) is 13.1. The first-order chi connectivity index (χ1) is 16.2. The largest absolute Gasteiger partial charge is 0.425 e. The molecule has 7 nitrogen and oxygen atoms in total. The third-order valence-electron chi connectivity index (χ3n) is 5.71. The Hall–Kier alpha value is -3.76. The summed E-state index contributed by atoms with van der Waals surface area (Å²) in [5.74, 6) is 0.153. The normalized spacial score (nSPS) is 12.8. The van der Waals surface area contributed by atoms with Crippen molar-refractivity contribution >= 4 is 24.0 Å². The maximum absolute atomic E-state index is 13.3. The molecule has 0 saturated heterocycles. The van der Waals surface area contributed by atoms with Crippen LogP contribution in [-0.4, -0.2) is 28.4 Å². The van der Waals surface area contributed by atoms with Gasteiger partial charge in [-0.25, -0.2) is 9.97 Å². The van der Waals surface area contributed by atoms with E-state index in [0.29, 0.717) is 29.3 Å². The number of ether oxygens (including phenoxy) is 1. The summed E-state index contributed by atoms with van der Waals surface area (Å²) in [6, 6.07) is 16.9. The number of aromatic nitrogens is 2. The molecule has 0 spiro atoms. The summed E-state index contributed by atoms with van der Waals surface area (Å²) in [4.78, 5) is 32.2. The molecule has 0 fully saturated rings. The second-order valence-corrected chi connectivity index (χ2v) is 8.95. The number of halogens is 1. The molecule has 0 unspecified atom stereocenters. The first-order valence-electron chi connectivity index (χ1n) is 10.7. The molecule has 2 aromatic carbocycles. The van der Waals surface area contributed by atoms with Gasteiger partial charge in [0.25, 0.3) is 6.47 Å². The average Bonchev–Trinajstić information content (AvgIpc) is 2.84. The maximum atomic E-state index is 13.3. The van der Waals surface area contributed by atoms with E-state index in [1.165, 1.54) is 12.4 Å². The quantitative estimate of drug-likeness (QED) is 0.460. The molecular weight excluding hydrogens is 452 g/mol. The fourth-order valence-corrected chi connectivity index (χ4v) is 3.77. The summed E-state index contributed by atoms with van der Waals surface area (Å²) >= 11 is 6.04. The van der Waals surface area contributed by atoms with Gasteiger partial charge in [0.05, 0.1) is 24.0 Å². The zero-order valence-electron chi connectivity index (χ0n) is 19.2. The van der Waals surface area contributed by atoms with E-state index in [0.717, 1.165) is 11.1 Å². The van der Waals surface area contributed by atoms with Crippen LogP contribution >= 0.6 is 11.6 Å². The topological polar surface area (TPSA) is 105 Å². The summed E-state index contributed by atoms with van der Waals surface area (Å²) < 4.78 is 4.72. The van der Waals surface area contributed by atoms with Crippen LogP contribution < -0.4 is 10.1 Å². The van der Waals surface area contributed by atoms with Crippen LogP contribution in [0.25, 0.3) is 0 Å². The molecule has 0 bridgehead atoms. The van der Waals surface area contributed by atoms with Gasteiger partial charge in [-0.1, -0.05) is 35.9 Å². The van der Waals surface area contributed by atoms with E-state index >= 15 is 0 Å². The molecule has 1 N–H and O–H groups in total. The van der Waals surface area contributed by atoms with Crippen LogP contribution in [0, 0.1) is 11.3 Å². The molecule has 34 heavy (non-hydrogen) atoms. The summed E-state index contributed by atoms with van der Waals surface area (Å²) in [5.41, 5.74) is 1.54. The Morgan fingerprint density at radius 2 is 1.88 bits per heavy atom. The standard InChI is InChI=1S/C26H25ClN4O3/c1-17(31-25(33)26(2,3)24-29-14-22(15-30-24)34-16-32)23(12-18-7-9-21(27)10-8-18)20-6-4-5-19(11-20)13-28/h4-11,14-17,23H,12H2,1-3H3,(H,31,33)/t17-,23+/m0/s1. The molecule has 0 aliphatic carbocycles. The number of nitrogens with zero attached hydrogens (tertiary/aromatic N) is 3. The highest BCUT2D eigenvalue weighted by Gasteiger charge is 2.35. The highest BCUT2D eigenvalue weighted by molar-refractivity contribution is 6.30. The van der Waals surface area contributed by atoms with Gasteiger partial charge in [0, 0.05) is 17.0 Å². The molecule has 8 heteroatoms. The summed E-state index contributed by atoms with van der Waals surface area (Å²) in [6.45, 7) is 5.69. The predicted molar refractivity (Wildman–Crippen MR) is 128 cm³/mol. The lowest BCUT2D eigenvalue weighted by molar-refractivity contribution is -0.126. The Bertz CT molecular complexity index is 1190. The van der Waals surface area contributed by atoms with Crippen molar-refractivity contribution in [3.05, 3.63) is 88.5 Å². The predicted octanol–water partition coefficient (Wildman–Crippen LogP) is 4.35. The van der Waals surface area contributed by atoms with E-state index in [1.807, 2.05) is 49.4 Å². The lowest BCUT2D eigenvalue weighted by Crippen LogP contribution is -2.47. The second-order valence-electron chi connectivity index (χ2n) is 8.52. The number of benzene rings is 2. The van der Waals surface area contributed by atoms with Crippen molar-refractivity contribution in [1.82, 2.24) is 15.3 Å². The molecular formula is C26H25ClN4O3. The lowest BCUT2D eigenvalue weighted by atomic mass is 9.84. The summed E-state index contributed by atoms with van der Waals surface area (Å²) in [6.07, 6.45) is 3.35. The third-order valence-corrected chi connectivity index (χ3v) is 5.97. The second kappa shape index (κ2) is 10.9. The zero-order valence-corrected chi connectivity index (χ0v) is 19.9. The van der Waals surface area contributed by atoms with Crippen LogP contribution in [0.2, 0.25) is 5.02 Å². The van der Waals surface area contributed by atoms with Gasteiger partial charge in [0.2, 0.25) is 5.91 Å². The first kappa shape index (κ1) is 24.9. The molecule has 3 aromatic rings. The van der Waals surface area contributed by atoms with Crippen LogP contribution in [0.4, 0.5) is 0 Å². The van der Waals surface area contributed by atoms with Gasteiger partial charge < -0.3 is 10.1 Å². The Morgan fingerprint density at radius 1 is 1.21 bits per heavy atom. The van der Waals surface area contributed by atoms with E-state index < -0.39 is 5.41 Å². The van der Waals surface area contributed by atoms with E-state index in [9.17, 15) is 14.9 Å². The Balaban J connectivity index is 1.85. The van der Waals surface area contributed by atoms with E-state index in [4.69, 9.17) is 16.3 Å². The number of hydrogen-bond acceptors (Lipinski definition) is 6. The monoisotopic (exact) mass is 476 g/mol. The van der Waals surface area contributed by atoms with Crippen molar-refractivity contribution in [3.8, 4) is 11.8 Å². The molecule has 3 rings (SSSR count). The summed E-state index contributed by atoms with van der Waals surface area (Å²) in [7, 11) is 0. The molecule has 0 aliphatic heterocycles. The van der Waals surface area contributed by atoms with Gasteiger partial charge in [-0.2, -0.15) is 5.26 Å². The zero-order chi connectivity index (χ0) is 24.7. The lowest BCUT2D eigenvalue weighted by Gasteiger charge is -2.30. The SMILES string of the molecule is C[C@H](NC(=O)C(C)(C)c1ncc(OC=O)cn1)[C@@H](Cc1ccc(Cl)cc1)c1cccc(C#N)c1. The van der Waals surface area contributed by atoms with Gasteiger partial charge >= 0.3 is 0 Å².